The van der Waals surface area contributed by atoms with Crippen molar-refractivity contribution >= 4 is 38.3 Å². The minimum atomic E-state index is 0. The molecule has 124 valence electrons. The fourth-order valence-corrected chi connectivity index (χ4v) is 3.72. The predicted octanol–water partition coefficient (Wildman–Crippen LogP) is 4.28. The molecule has 0 aliphatic heterocycles. The van der Waals surface area contributed by atoms with Crippen LogP contribution in [0.2, 0.25) is 0 Å². The van der Waals surface area contributed by atoms with Gasteiger partial charge in [0.1, 0.15) is 5.75 Å². The zero-order valence-corrected chi connectivity index (χ0v) is 15.6. The standard InChI is InChI=1S/C20H25O2P.Li.H/c1-6-16(5)22-17-10-11-18(15(4)12-17)23-20(21)19-13(2)8-7-9-14(19)3;;/h7-12,16,23H,6H2,1-5H3;;. The first kappa shape index (κ1) is 21.0. The number of hydrogen-bond donors (Lipinski definition) is 0. The van der Waals surface area contributed by atoms with Gasteiger partial charge in [-0.3, -0.25) is 4.79 Å². The molecule has 2 unspecified atom stereocenters. The van der Waals surface area contributed by atoms with Crippen molar-refractivity contribution in [1.82, 2.24) is 0 Å². The van der Waals surface area contributed by atoms with Crippen LogP contribution in [-0.2, 0) is 0 Å². The van der Waals surface area contributed by atoms with Crippen LogP contribution >= 0.6 is 8.58 Å². The normalized spacial score (nSPS) is 12.0. The van der Waals surface area contributed by atoms with E-state index in [-0.39, 0.29) is 39.1 Å². The van der Waals surface area contributed by atoms with Crippen molar-refractivity contribution in [2.24, 2.45) is 0 Å². The molecule has 0 amide bonds. The van der Waals surface area contributed by atoms with E-state index in [9.17, 15) is 4.79 Å². The summed E-state index contributed by atoms with van der Waals surface area (Å²) in [5.74, 6) is 0.880. The van der Waals surface area contributed by atoms with E-state index in [1.165, 1.54) is 0 Å². The number of rotatable bonds is 6. The maximum absolute atomic E-state index is 12.7. The van der Waals surface area contributed by atoms with Crippen molar-refractivity contribution in [2.75, 3.05) is 0 Å². The Bertz CT molecular complexity index is 693. The number of benzene rings is 2. The molecule has 0 aliphatic rings. The third-order valence-corrected chi connectivity index (χ3v) is 5.37. The van der Waals surface area contributed by atoms with Gasteiger partial charge in [0.2, 0.25) is 0 Å². The fourth-order valence-electron chi connectivity index (χ4n) is 2.52. The van der Waals surface area contributed by atoms with Gasteiger partial charge in [-0.05, 0) is 76.8 Å². The van der Waals surface area contributed by atoms with Gasteiger partial charge in [0.05, 0.1) is 6.10 Å². The van der Waals surface area contributed by atoms with Gasteiger partial charge in [-0.1, -0.05) is 31.2 Å². The maximum atomic E-state index is 12.7. The van der Waals surface area contributed by atoms with Gasteiger partial charge in [0.25, 0.3) is 0 Å². The van der Waals surface area contributed by atoms with Crippen LogP contribution in [0.4, 0.5) is 0 Å². The molecule has 0 bridgehead atoms. The van der Waals surface area contributed by atoms with E-state index >= 15 is 0 Å². The Hall–Kier alpha value is -1.06. The zero-order chi connectivity index (χ0) is 17.0. The zero-order valence-electron chi connectivity index (χ0n) is 14.6. The van der Waals surface area contributed by atoms with Gasteiger partial charge in [-0.2, -0.15) is 0 Å². The Morgan fingerprint density at radius 3 is 2.25 bits per heavy atom. The summed E-state index contributed by atoms with van der Waals surface area (Å²) in [5.41, 5.74) is 4.29. The monoisotopic (exact) mass is 336 g/mol. The van der Waals surface area contributed by atoms with Crippen LogP contribution < -0.4 is 10.0 Å². The van der Waals surface area contributed by atoms with Crippen molar-refractivity contribution in [3.05, 3.63) is 58.7 Å². The summed E-state index contributed by atoms with van der Waals surface area (Å²) in [4.78, 5) is 12.7. The Kier molecular flexibility index (Phi) is 8.24. The van der Waals surface area contributed by atoms with Crippen LogP contribution in [0.5, 0.6) is 5.75 Å². The van der Waals surface area contributed by atoms with E-state index in [1.807, 2.05) is 57.2 Å². The Labute approximate surface area is 159 Å². The molecule has 0 aromatic heterocycles. The average molecular weight is 336 g/mol. The number of ether oxygens (including phenoxy) is 1. The summed E-state index contributed by atoms with van der Waals surface area (Å²) in [6, 6.07) is 12.0. The quantitative estimate of drug-likeness (QED) is 0.581. The summed E-state index contributed by atoms with van der Waals surface area (Å²) < 4.78 is 5.85. The van der Waals surface area contributed by atoms with Gasteiger partial charge < -0.3 is 4.74 Å². The third-order valence-electron chi connectivity index (χ3n) is 4.07. The molecule has 4 heteroatoms. The van der Waals surface area contributed by atoms with Crippen LogP contribution in [0.3, 0.4) is 0 Å². The Morgan fingerprint density at radius 2 is 1.71 bits per heavy atom. The topological polar surface area (TPSA) is 26.3 Å². The summed E-state index contributed by atoms with van der Waals surface area (Å²) in [6.45, 7) is 10.2. The Morgan fingerprint density at radius 1 is 1.08 bits per heavy atom. The first-order chi connectivity index (χ1) is 10.9. The molecule has 2 aromatic rings. The van der Waals surface area contributed by atoms with Crippen LogP contribution in [-0.4, -0.2) is 30.5 Å². The van der Waals surface area contributed by atoms with Crippen LogP contribution in [0.1, 0.15) is 47.3 Å². The second-order valence-electron chi connectivity index (χ2n) is 6.03. The second-order valence-corrected chi connectivity index (χ2v) is 7.28. The van der Waals surface area contributed by atoms with E-state index in [4.69, 9.17) is 4.74 Å². The van der Waals surface area contributed by atoms with Crippen LogP contribution in [0.15, 0.2) is 36.4 Å². The van der Waals surface area contributed by atoms with Gasteiger partial charge in [0, 0.05) is 5.56 Å². The molecule has 0 spiro atoms. The molecule has 2 atom stereocenters. The third kappa shape index (κ3) is 5.22. The van der Waals surface area contributed by atoms with Gasteiger partial charge >= 0.3 is 18.9 Å². The molecule has 0 saturated heterocycles. The Balaban J connectivity index is 0.00000288. The summed E-state index contributed by atoms with van der Waals surface area (Å²) >= 11 is 0. The molecule has 2 rings (SSSR count). The number of carbonyl (C=O) groups is 1. The van der Waals surface area contributed by atoms with E-state index in [0.29, 0.717) is 0 Å². The molecule has 0 N–H and O–H groups in total. The fraction of sp³-hybridized carbons (Fsp3) is 0.350. The van der Waals surface area contributed by atoms with E-state index in [1.54, 1.807) is 0 Å². The summed E-state index contributed by atoms with van der Waals surface area (Å²) in [6.07, 6.45) is 1.19. The van der Waals surface area contributed by atoms with Crippen LogP contribution in [0.25, 0.3) is 0 Å². The van der Waals surface area contributed by atoms with Crippen molar-refractivity contribution in [3.63, 3.8) is 0 Å². The molecule has 0 heterocycles. The molecule has 0 fully saturated rings. The molecule has 2 aromatic carbocycles. The van der Waals surface area contributed by atoms with Crippen LogP contribution in [0, 0.1) is 20.8 Å². The molecule has 0 saturated carbocycles. The summed E-state index contributed by atoms with van der Waals surface area (Å²) in [5, 5.41) is 1.09. The van der Waals surface area contributed by atoms with E-state index < -0.39 is 0 Å². The first-order valence-electron chi connectivity index (χ1n) is 8.07. The molecular weight excluding hydrogens is 310 g/mol. The molecule has 0 radical (unpaired) electrons. The molecule has 0 aliphatic carbocycles. The number of carbonyl (C=O) groups excluding carboxylic acids is 1. The van der Waals surface area contributed by atoms with E-state index in [0.717, 1.165) is 39.7 Å². The summed E-state index contributed by atoms with van der Waals surface area (Å²) in [7, 11) is 0.145. The van der Waals surface area contributed by atoms with Gasteiger partial charge in [-0.25, -0.2) is 0 Å². The van der Waals surface area contributed by atoms with Crippen molar-refractivity contribution in [1.29, 1.82) is 0 Å². The van der Waals surface area contributed by atoms with Crippen molar-refractivity contribution in [2.45, 2.75) is 47.1 Å². The molecular formula is C20H26LiO2P. The second kappa shape index (κ2) is 9.43. The molecule has 24 heavy (non-hydrogen) atoms. The van der Waals surface area contributed by atoms with Crippen molar-refractivity contribution in [3.8, 4) is 5.75 Å². The SMILES string of the molecule is CCC(C)Oc1ccc(PC(=O)c2c(C)cccc2C)c(C)c1.[LiH]. The number of hydrogen-bond acceptors (Lipinski definition) is 2. The predicted molar refractivity (Wildman–Crippen MR) is 107 cm³/mol. The van der Waals surface area contributed by atoms with Crippen molar-refractivity contribution < 1.29 is 9.53 Å². The number of aryl methyl sites for hydroxylation is 3. The minimum absolute atomic E-state index is 0. The first-order valence-corrected chi connectivity index (χ1v) is 9.07. The van der Waals surface area contributed by atoms with E-state index in [2.05, 4.69) is 13.8 Å². The van der Waals surface area contributed by atoms with Gasteiger partial charge in [-0.15, -0.1) is 0 Å². The molecule has 2 nitrogen and oxygen atoms in total. The average Bonchev–Trinajstić information content (AvgIpc) is 2.49. The van der Waals surface area contributed by atoms with Gasteiger partial charge in [0.15, 0.2) is 5.52 Å².